The number of hydrogen-bond acceptors (Lipinski definition) is 4. The Morgan fingerprint density at radius 3 is 2.10 bits per heavy atom. The Bertz CT molecular complexity index is 1040. The molecule has 2 amide bonds. The molecule has 0 aromatic heterocycles. The van der Waals surface area contributed by atoms with E-state index in [-0.39, 0.29) is 18.9 Å². The zero-order valence-electron chi connectivity index (χ0n) is 16.6. The van der Waals surface area contributed by atoms with Gasteiger partial charge in [0.25, 0.3) is 11.8 Å². The zero-order chi connectivity index (χ0) is 22.1. The summed E-state index contributed by atoms with van der Waals surface area (Å²) in [5.41, 5.74) is 3.13. The summed E-state index contributed by atoms with van der Waals surface area (Å²) in [7, 11) is 0. The van der Waals surface area contributed by atoms with Crippen LogP contribution in [0.1, 0.15) is 15.9 Å². The fraction of sp³-hybridized carbons (Fsp3) is 0.125. The van der Waals surface area contributed by atoms with Gasteiger partial charge in [-0.3, -0.25) is 14.4 Å². The molecule has 0 heterocycles. The molecular formula is C24H21FN2O4. The molecule has 3 aromatic carbocycles. The molecule has 3 rings (SSSR count). The number of benzene rings is 3. The fourth-order valence-electron chi connectivity index (χ4n) is 2.75. The summed E-state index contributed by atoms with van der Waals surface area (Å²) < 4.78 is 17.7. The minimum absolute atomic E-state index is 0.187. The van der Waals surface area contributed by atoms with Crippen molar-refractivity contribution in [3.05, 3.63) is 95.8 Å². The average Bonchev–Trinajstić information content (AvgIpc) is 2.81. The summed E-state index contributed by atoms with van der Waals surface area (Å²) in [6.07, 6.45) is 0. The Hall–Kier alpha value is -4.00. The summed E-state index contributed by atoms with van der Waals surface area (Å²) in [6.45, 7) is -0.640. The molecule has 0 aliphatic rings. The smallest absolute Gasteiger partial charge is 0.325 e. The SMILES string of the molecule is O=C(COC(=O)CNC(=O)c1ccc(-c2ccccc2)cc1)NCc1ccc(F)cc1. The molecule has 0 saturated heterocycles. The Morgan fingerprint density at radius 2 is 1.42 bits per heavy atom. The maximum atomic E-state index is 12.8. The van der Waals surface area contributed by atoms with E-state index in [0.29, 0.717) is 11.1 Å². The molecule has 0 aliphatic heterocycles. The summed E-state index contributed by atoms with van der Waals surface area (Å²) in [5.74, 6) is -2.01. The first-order valence-electron chi connectivity index (χ1n) is 9.62. The van der Waals surface area contributed by atoms with Gasteiger partial charge in [0.1, 0.15) is 12.4 Å². The second-order valence-electron chi connectivity index (χ2n) is 6.69. The van der Waals surface area contributed by atoms with E-state index in [9.17, 15) is 18.8 Å². The third kappa shape index (κ3) is 6.78. The van der Waals surface area contributed by atoms with Crippen LogP contribution in [0.4, 0.5) is 4.39 Å². The molecule has 7 heteroatoms. The number of rotatable bonds is 8. The number of halogens is 1. The maximum Gasteiger partial charge on any atom is 0.325 e. The van der Waals surface area contributed by atoms with Crippen LogP contribution in [0.25, 0.3) is 11.1 Å². The standard InChI is InChI=1S/C24H21FN2O4/c25-21-12-6-17(7-13-21)14-26-22(28)16-31-23(29)15-27-24(30)20-10-8-19(9-11-20)18-4-2-1-3-5-18/h1-13H,14-16H2,(H,26,28)(H,27,30). The molecule has 0 saturated carbocycles. The molecule has 6 nitrogen and oxygen atoms in total. The molecular weight excluding hydrogens is 399 g/mol. The van der Waals surface area contributed by atoms with Crippen LogP contribution in [0.2, 0.25) is 0 Å². The molecule has 0 radical (unpaired) electrons. The Morgan fingerprint density at radius 1 is 0.774 bits per heavy atom. The van der Waals surface area contributed by atoms with Gasteiger partial charge in [-0.15, -0.1) is 0 Å². The first-order chi connectivity index (χ1) is 15.0. The molecule has 0 unspecified atom stereocenters. The van der Waals surface area contributed by atoms with Gasteiger partial charge >= 0.3 is 5.97 Å². The van der Waals surface area contributed by atoms with E-state index in [0.717, 1.165) is 11.1 Å². The molecule has 158 valence electrons. The molecule has 0 bridgehead atoms. The maximum absolute atomic E-state index is 12.8. The topological polar surface area (TPSA) is 84.5 Å². The highest BCUT2D eigenvalue weighted by Crippen LogP contribution is 2.19. The predicted molar refractivity (Wildman–Crippen MR) is 113 cm³/mol. The van der Waals surface area contributed by atoms with Gasteiger partial charge in [0.05, 0.1) is 0 Å². The summed E-state index contributed by atoms with van der Waals surface area (Å²) in [6, 6.07) is 22.4. The highest BCUT2D eigenvalue weighted by Gasteiger charge is 2.11. The van der Waals surface area contributed by atoms with Gasteiger partial charge in [-0.25, -0.2) is 4.39 Å². The Kier molecular flexibility index (Phi) is 7.48. The van der Waals surface area contributed by atoms with Gasteiger partial charge < -0.3 is 15.4 Å². The van der Waals surface area contributed by atoms with Crippen molar-refractivity contribution in [2.45, 2.75) is 6.54 Å². The first kappa shape index (κ1) is 21.7. The van der Waals surface area contributed by atoms with E-state index in [1.54, 1.807) is 24.3 Å². The Labute approximate surface area is 179 Å². The van der Waals surface area contributed by atoms with Crippen LogP contribution in [-0.2, 0) is 20.9 Å². The minimum Gasteiger partial charge on any atom is -0.454 e. The molecule has 0 aliphatic carbocycles. The van der Waals surface area contributed by atoms with Crippen LogP contribution in [0.15, 0.2) is 78.9 Å². The number of nitrogens with one attached hydrogen (secondary N) is 2. The van der Waals surface area contributed by atoms with Crippen LogP contribution in [0.3, 0.4) is 0 Å². The lowest BCUT2D eigenvalue weighted by Crippen LogP contribution is -2.33. The monoisotopic (exact) mass is 420 g/mol. The van der Waals surface area contributed by atoms with Gasteiger partial charge in [-0.1, -0.05) is 54.6 Å². The number of carbonyl (C=O) groups excluding carboxylic acids is 3. The van der Waals surface area contributed by atoms with E-state index < -0.39 is 24.4 Å². The summed E-state index contributed by atoms with van der Waals surface area (Å²) in [5, 5.41) is 5.02. The third-order valence-corrected chi connectivity index (χ3v) is 4.41. The van der Waals surface area contributed by atoms with Gasteiger partial charge in [-0.2, -0.15) is 0 Å². The minimum atomic E-state index is -0.730. The first-order valence-corrected chi connectivity index (χ1v) is 9.62. The van der Waals surface area contributed by atoms with E-state index in [2.05, 4.69) is 10.6 Å². The van der Waals surface area contributed by atoms with Gasteiger partial charge in [0, 0.05) is 12.1 Å². The van der Waals surface area contributed by atoms with Crippen molar-refractivity contribution in [1.29, 1.82) is 0 Å². The molecule has 0 spiro atoms. The highest BCUT2D eigenvalue weighted by atomic mass is 19.1. The van der Waals surface area contributed by atoms with Crippen LogP contribution in [0.5, 0.6) is 0 Å². The number of carbonyl (C=O) groups is 3. The number of hydrogen-bond donors (Lipinski definition) is 2. The van der Waals surface area contributed by atoms with Crippen molar-refractivity contribution in [1.82, 2.24) is 10.6 Å². The van der Waals surface area contributed by atoms with Crippen LogP contribution >= 0.6 is 0 Å². The van der Waals surface area contributed by atoms with E-state index >= 15 is 0 Å². The lowest BCUT2D eigenvalue weighted by molar-refractivity contribution is -0.147. The summed E-state index contributed by atoms with van der Waals surface area (Å²) in [4.78, 5) is 35.7. The average molecular weight is 420 g/mol. The largest absolute Gasteiger partial charge is 0.454 e. The predicted octanol–water partition coefficient (Wildman–Crippen LogP) is 3.08. The van der Waals surface area contributed by atoms with Crippen molar-refractivity contribution in [3.8, 4) is 11.1 Å². The van der Waals surface area contributed by atoms with E-state index in [1.165, 1.54) is 12.1 Å². The molecule has 2 N–H and O–H groups in total. The van der Waals surface area contributed by atoms with E-state index in [4.69, 9.17) is 4.74 Å². The van der Waals surface area contributed by atoms with E-state index in [1.807, 2.05) is 42.5 Å². The second kappa shape index (κ2) is 10.7. The lowest BCUT2D eigenvalue weighted by Gasteiger charge is -2.08. The van der Waals surface area contributed by atoms with Crippen LogP contribution in [0, 0.1) is 5.82 Å². The fourth-order valence-corrected chi connectivity index (χ4v) is 2.75. The van der Waals surface area contributed by atoms with Gasteiger partial charge in [0.15, 0.2) is 6.61 Å². The van der Waals surface area contributed by atoms with Crippen molar-refractivity contribution >= 4 is 17.8 Å². The highest BCUT2D eigenvalue weighted by molar-refractivity contribution is 5.96. The van der Waals surface area contributed by atoms with Crippen molar-refractivity contribution in [3.63, 3.8) is 0 Å². The number of esters is 1. The zero-order valence-corrected chi connectivity index (χ0v) is 16.6. The molecule has 0 atom stereocenters. The summed E-state index contributed by atoms with van der Waals surface area (Å²) >= 11 is 0. The van der Waals surface area contributed by atoms with Crippen molar-refractivity contribution in [2.75, 3.05) is 13.2 Å². The van der Waals surface area contributed by atoms with Gasteiger partial charge in [-0.05, 0) is 41.0 Å². The molecule has 3 aromatic rings. The van der Waals surface area contributed by atoms with Crippen LogP contribution in [-0.4, -0.2) is 30.9 Å². The quantitative estimate of drug-likeness (QED) is 0.549. The normalized spacial score (nSPS) is 10.2. The molecule has 31 heavy (non-hydrogen) atoms. The number of amides is 2. The number of ether oxygens (including phenoxy) is 1. The van der Waals surface area contributed by atoms with Crippen LogP contribution < -0.4 is 10.6 Å². The van der Waals surface area contributed by atoms with Gasteiger partial charge in [0.2, 0.25) is 0 Å². The second-order valence-corrected chi connectivity index (χ2v) is 6.69. The molecule has 0 fully saturated rings. The van der Waals surface area contributed by atoms with Crippen molar-refractivity contribution < 1.29 is 23.5 Å². The Balaban J connectivity index is 1.38. The lowest BCUT2D eigenvalue weighted by atomic mass is 10.0. The third-order valence-electron chi connectivity index (χ3n) is 4.41. The van der Waals surface area contributed by atoms with Crippen molar-refractivity contribution in [2.24, 2.45) is 0 Å².